The summed E-state index contributed by atoms with van der Waals surface area (Å²) in [5.74, 6) is -0.953. The Labute approximate surface area is 205 Å². The maximum atomic E-state index is 14.3. The van der Waals surface area contributed by atoms with E-state index in [9.17, 15) is 35.9 Å². The molecule has 0 heterocycles. The minimum Gasteiger partial charge on any atom is -0.349 e. The summed E-state index contributed by atoms with van der Waals surface area (Å²) in [4.78, 5) is 25.5. The van der Waals surface area contributed by atoms with Crippen LogP contribution in [0.4, 0.5) is 32.0 Å². The van der Waals surface area contributed by atoms with Crippen LogP contribution in [-0.4, -0.2) is 42.5 Å². The van der Waals surface area contributed by atoms with E-state index in [0.717, 1.165) is 6.07 Å². The summed E-state index contributed by atoms with van der Waals surface area (Å²) in [6, 6.07) is 5.36. The van der Waals surface area contributed by atoms with Gasteiger partial charge in [0.25, 0.3) is 23.9 Å². The van der Waals surface area contributed by atoms with Crippen molar-refractivity contribution in [2.24, 2.45) is 0 Å². The van der Waals surface area contributed by atoms with Gasteiger partial charge < -0.3 is 10.6 Å². The molecule has 2 aromatic rings. The van der Waals surface area contributed by atoms with Gasteiger partial charge in [0.2, 0.25) is 0 Å². The van der Waals surface area contributed by atoms with Crippen LogP contribution in [0.15, 0.2) is 36.4 Å². The highest BCUT2D eigenvalue weighted by Crippen LogP contribution is 2.48. The van der Waals surface area contributed by atoms with Gasteiger partial charge in [-0.1, -0.05) is 35.3 Å². The molecule has 34 heavy (non-hydrogen) atoms. The summed E-state index contributed by atoms with van der Waals surface area (Å²) in [7, 11) is 0. The Morgan fingerprint density at radius 3 is 2.21 bits per heavy atom. The van der Waals surface area contributed by atoms with Gasteiger partial charge in [-0.15, -0.1) is 0 Å². The lowest BCUT2D eigenvalue weighted by atomic mass is 9.95. The van der Waals surface area contributed by atoms with Gasteiger partial charge in [-0.25, -0.2) is 13.2 Å². The first-order valence-corrected chi connectivity index (χ1v) is 11.6. The standard InChI is InChI=1S/C21H18Cl2F6N2O2S/c1-10(9-34-2)30-18(33)16-12(4-3-5-13(16)22)17(32)31-15-7-6-11(8-14(15)23)20(26,19(24)25)21(27,28)29/h3-8,10,19H,9H2,1-2H3,(H,30,33)(H,31,32)/t10-,20?/m0/s1. The number of carbonyl (C=O) groups is 2. The number of nitrogens with one attached hydrogen (secondary N) is 2. The second kappa shape index (κ2) is 11.1. The van der Waals surface area contributed by atoms with Crippen molar-refractivity contribution < 1.29 is 35.9 Å². The second-order valence-corrected chi connectivity index (χ2v) is 8.88. The molecule has 2 aromatic carbocycles. The Morgan fingerprint density at radius 2 is 1.68 bits per heavy atom. The monoisotopic (exact) mass is 546 g/mol. The SMILES string of the molecule is CSC[C@H](C)NC(=O)c1c(Cl)cccc1C(=O)Nc1ccc(C(F)(C(F)F)C(F)(F)F)cc1Cl. The molecule has 0 aliphatic heterocycles. The van der Waals surface area contributed by atoms with Gasteiger partial charge in [0.1, 0.15) is 0 Å². The van der Waals surface area contributed by atoms with Gasteiger partial charge in [0.05, 0.1) is 26.9 Å². The van der Waals surface area contributed by atoms with Gasteiger partial charge in [0, 0.05) is 17.4 Å². The van der Waals surface area contributed by atoms with Crippen LogP contribution in [0.2, 0.25) is 10.0 Å². The van der Waals surface area contributed by atoms with Crippen LogP contribution in [0.25, 0.3) is 0 Å². The Balaban J connectivity index is 2.37. The molecule has 0 aliphatic rings. The Hall–Kier alpha value is -2.11. The number of carbonyl (C=O) groups excluding carboxylic acids is 2. The molecule has 2 amide bonds. The molecule has 0 fully saturated rings. The van der Waals surface area contributed by atoms with Gasteiger partial charge >= 0.3 is 6.18 Å². The molecule has 2 atom stereocenters. The zero-order valence-electron chi connectivity index (χ0n) is 17.6. The fourth-order valence-electron chi connectivity index (χ4n) is 2.98. The van der Waals surface area contributed by atoms with E-state index in [1.165, 1.54) is 30.0 Å². The number of amides is 2. The van der Waals surface area contributed by atoms with E-state index in [-0.39, 0.29) is 27.9 Å². The number of hydrogen-bond acceptors (Lipinski definition) is 3. The average Bonchev–Trinajstić information content (AvgIpc) is 2.73. The molecule has 186 valence electrons. The van der Waals surface area contributed by atoms with Crippen LogP contribution in [0.3, 0.4) is 0 Å². The van der Waals surface area contributed by atoms with E-state index < -0.39 is 40.7 Å². The number of alkyl halides is 6. The lowest BCUT2D eigenvalue weighted by Gasteiger charge is -2.27. The number of benzene rings is 2. The molecular weight excluding hydrogens is 529 g/mol. The molecule has 0 saturated carbocycles. The highest BCUT2D eigenvalue weighted by Gasteiger charge is 2.64. The summed E-state index contributed by atoms with van der Waals surface area (Å²) < 4.78 is 79.1. The van der Waals surface area contributed by atoms with Crippen LogP contribution in [0.1, 0.15) is 33.2 Å². The van der Waals surface area contributed by atoms with Crippen molar-refractivity contribution >= 4 is 52.5 Å². The first kappa shape index (κ1) is 28.1. The number of anilines is 1. The smallest absolute Gasteiger partial charge is 0.349 e. The summed E-state index contributed by atoms with van der Waals surface area (Å²) in [6.45, 7) is 1.75. The third-order valence-electron chi connectivity index (χ3n) is 4.63. The lowest BCUT2D eigenvalue weighted by Crippen LogP contribution is -2.44. The van der Waals surface area contributed by atoms with Crippen molar-refractivity contribution in [2.75, 3.05) is 17.3 Å². The predicted octanol–water partition coefficient (Wildman–Crippen LogP) is 6.72. The molecule has 2 N–H and O–H groups in total. The minimum atomic E-state index is -5.91. The molecule has 0 aliphatic carbocycles. The van der Waals surface area contributed by atoms with E-state index in [4.69, 9.17) is 23.2 Å². The normalized spacial score (nSPS) is 14.4. The molecule has 4 nitrogen and oxygen atoms in total. The molecule has 0 spiro atoms. The fourth-order valence-corrected chi connectivity index (χ4v) is 4.05. The van der Waals surface area contributed by atoms with Gasteiger partial charge in [0.15, 0.2) is 0 Å². The highest BCUT2D eigenvalue weighted by atomic mass is 35.5. The molecule has 0 saturated heterocycles. The molecule has 1 unspecified atom stereocenters. The molecule has 0 aromatic heterocycles. The van der Waals surface area contributed by atoms with Crippen molar-refractivity contribution in [3.63, 3.8) is 0 Å². The molecule has 13 heteroatoms. The van der Waals surface area contributed by atoms with Crippen LogP contribution >= 0.6 is 35.0 Å². The maximum Gasteiger partial charge on any atom is 0.432 e. The number of thioether (sulfide) groups is 1. The number of halogens is 8. The first-order chi connectivity index (χ1) is 15.7. The molecule has 2 rings (SSSR count). The second-order valence-electron chi connectivity index (χ2n) is 7.15. The van der Waals surface area contributed by atoms with Crippen LogP contribution in [-0.2, 0) is 5.67 Å². The Morgan fingerprint density at radius 1 is 1.03 bits per heavy atom. The summed E-state index contributed by atoms with van der Waals surface area (Å²) >= 11 is 13.5. The van der Waals surface area contributed by atoms with Crippen molar-refractivity contribution in [3.8, 4) is 0 Å². The quantitative estimate of drug-likeness (QED) is 0.361. The van der Waals surface area contributed by atoms with E-state index in [2.05, 4.69) is 10.6 Å². The topological polar surface area (TPSA) is 58.2 Å². The number of rotatable bonds is 8. The van der Waals surface area contributed by atoms with Crippen molar-refractivity contribution in [1.29, 1.82) is 0 Å². The van der Waals surface area contributed by atoms with Crippen molar-refractivity contribution in [1.82, 2.24) is 5.32 Å². The van der Waals surface area contributed by atoms with E-state index in [1.54, 1.807) is 6.92 Å². The van der Waals surface area contributed by atoms with Crippen molar-refractivity contribution in [3.05, 3.63) is 63.1 Å². The van der Waals surface area contributed by atoms with Gasteiger partial charge in [-0.3, -0.25) is 9.59 Å². The Kier molecular flexibility index (Phi) is 9.17. The van der Waals surface area contributed by atoms with E-state index in [0.29, 0.717) is 17.9 Å². The lowest BCUT2D eigenvalue weighted by molar-refractivity contribution is -0.274. The third kappa shape index (κ3) is 5.92. The third-order valence-corrected chi connectivity index (χ3v) is 6.09. The zero-order chi connectivity index (χ0) is 25.8. The largest absolute Gasteiger partial charge is 0.432 e. The van der Waals surface area contributed by atoms with Gasteiger partial charge in [-0.2, -0.15) is 24.9 Å². The summed E-state index contributed by atoms with van der Waals surface area (Å²) in [6.07, 6.45) is -8.48. The van der Waals surface area contributed by atoms with Crippen LogP contribution in [0, 0.1) is 0 Å². The predicted molar refractivity (Wildman–Crippen MR) is 121 cm³/mol. The highest BCUT2D eigenvalue weighted by molar-refractivity contribution is 7.98. The first-order valence-electron chi connectivity index (χ1n) is 9.47. The summed E-state index contributed by atoms with van der Waals surface area (Å²) in [5.41, 5.74) is -7.01. The molecule has 0 radical (unpaired) electrons. The maximum absolute atomic E-state index is 14.3. The average molecular weight is 547 g/mol. The van der Waals surface area contributed by atoms with Crippen LogP contribution < -0.4 is 10.6 Å². The number of hydrogen-bond donors (Lipinski definition) is 2. The minimum absolute atomic E-state index is 0.0349. The van der Waals surface area contributed by atoms with E-state index in [1.807, 2.05) is 6.26 Å². The van der Waals surface area contributed by atoms with E-state index >= 15 is 0 Å². The summed E-state index contributed by atoms with van der Waals surface area (Å²) in [5, 5.41) is 4.30. The Bertz CT molecular complexity index is 1070. The molecule has 0 bridgehead atoms. The van der Waals surface area contributed by atoms with Crippen molar-refractivity contribution in [2.45, 2.75) is 31.2 Å². The van der Waals surface area contributed by atoms with Gasteiger partial charge in [-0.05, 0) is 37.4 Å². The fraction of sp³-hybridized carbons (Fsp3) is 0.333. The van der Waals surface area contributed by atoms with Crippen LogP contribution in [0.5, 0.6) is 0 Å². The molecular formula is C21H18Cl2F6N2O2S. The zero-order valence-corrected chi connectivity index (χ0v) is 19.9.